The maximum absolute atomic E-state index is 5.47. The molecular formula is C22H37N5O. The molecule has 0 atom stereocenters. The summed E-state index contributed by atoms with van der Waals surface area (Å²) in [6, 6.07) is 8.71. The van der Waals surface area contributed by atoms with E-state index in [9.17, 15) is 0 Å². The van der Waals surface area contributed by atoms with Crippen molar-refractivity contribution in [3.63, 3.8) is 0 Å². The number of ether oxygens (including phenoxy) is 1. The molecule has 0 saturated carbocycles. The molecule has 1 aromatic carbocycles. The summed E-state index contributed by atoms with van der Waals surface area (Å²) in [5.74, 6) is 1.74. The van der Waals surface area contributed by atoms with E-state index >= 15 is 0 Å². The van der Waals surface area contributed by atoms with Crippen LogP contribution >= 0.6 is 0 Å². The van der Waals surface area contributed by atoms with Crippen LogP contribution in [0, 0.1) is 5.92 Å². The molecule has 0 unspecified atom stereocenters. The van der Waals surface area contributed by atoms with Crippen LogP contribution in [0.3, 0.4) is 0 Å². The molecule has 6 nitrogen and oxygen atoms in total. The van der Waals surface area contributed by atoms with E-state index in [4.69, 9.17) is 4.74 Å². The molecule has 2 saturated heterocycles. The maximum Gasteiger partial charge on any atom is 0.191 e. The van der Waals surface area contributed by atoms with Gasteiger partial charge in [-0.25, -0.2) is 0 Å². The van der Waals surface area contributed by atoms with Crippen LogP contribution < -0.4 is 10.6 Å². The van der Waals surface area contributed by atoms with Crippen LogP contribution in [0.15, 0.2) is 29.3 Å². The van der Waals surface area contributed by atoms with Crippen LogP contribution in [0.5, 0.6) is 0 Å². The second-order valence-corrected chi connectivity index (χ2v) is 8.05. The van der Waals surface area contributed by atoms with Gasteiger partial charge in [0.05, 0.1) is 13.2 Å². The Morgan fingerprint density at radius 3 is 2.50 bits per heavy atom. The molecule has 2 fully saturated rings. The number of piperidine rings is 1. The van der Waals surface area contributed by atoms with Gasteiger partial charge in [-0.05, 0) is 56.4 Å². The minimum atomic E-state index is 0.800. The molecule has 6 heteroatoms. The van der Waals surface area contributed by atoms with Gasteiger partial charge in [-0.1, -0.05) is 24.3 Å². The third kappa shape index (κ3) is 6.76. The normalized spacial score (nSPS) is 20.3. The Kier molecular flexibility index (Phi) is 8.58. The molecule has 0 spiro atoms. The number of aliphatic imine (C=N–C) groups is 1. The fraction of sp³-hybridized carbons (Fsp3) is 0.682. The molecule has 0 aromatic heterocycles. The first-order chi connectivity index (χ1) is 13.7. The predicted octanol–water partition coefficient (Wildman–Crippen LogP) is 1.92. The van der Waals surface area contributed by atoms with E-state index in [-0.39, 0.29) is 0 Å². The molecule has 2 N–H and O–H groups in total. The number of likely N-dealkylation sites (tertiary alicyclic amines) is 1. The summed E-state index contributed by atoms with van der Waals surface area (Å²) in [6.45, 7) is 8.96. The summed E-state index contributed by atoms with van der Waals surface area (Å²) >= 11 is 0. The Morgan fingerprint density at radius 2 is 1.79 bits per heavy atom. The number of hydrogen-bond donors (Lipinski definition) is 2. The SMILES string of the molecule is CN=C(NCCC1CCN(C)CC1)NCc1ccccc1CN1CCOCC1. The summed E-state index contributed by atoms with van der Waals surface area (Å²) < 4.78 is 5.47. The van der Waals surface area contributed by atoms with E-state index in [1.54, 1.807) is 0 Å². The highest BCUT2D eigenvalue weighted by atomic mass is 16.5. The molecule has 2 aliphatic heterocycles. The van der Waals surface area contributed by atoms with Gasteiger partial charge in [0.25, 0.3) is 0 Å². The summed E-state index contributed by atoms with van der Waals surface area (Å²) in [6.07, 6.45) is 3.86. The molecule has 3 rings (SSSR count). The van der Waals surface area contributed by atoms with E-state index in [1.807, 2.05) is 7.05 Å². The van der Waals surface area contributed by atoms with Crippen LogP contribution in [0.1, 0.15) is 30.4 Å². The molecule has 0 radical (unpaired) electrons. The third-order valence-electron chi connectivity index (χ3n) is 5.97. The van der Waals surface area contributed by atoms with Gasteiger partial charge < -0.3 is 20.3 Å². The van der Waals surface area contributed by atoms with Crippen molar-refractivity contribution in [3.8, 4) is 0 Å². The molecule has 0 aliphatic carbocycles. The van der Waals surface area contributed by atoms with Crippen molar-refractivity contribution in [1.82, 2.24) is 20.4 Å². The lowest BCUT2D eigenvalue weighted by Gasteiger charge is -2.29. The van der Waals surface area contributed by atoms with E-state index in [0.717, 1.165) is 57.8 Å². The second-order valence-electron chi connectivity index (χ2n) is 8.05. The van der Waals surface area contributed by atoms with Crippen LogP contribution in [0.4, 0.5) is 0 Å². The van der Waals surface area contributed by atoms with Crippen LogP contribution in [-0.4, -0.2) is 75.8 Å². The van der Waals surface area contributed by atoms with Crippen molar-refractivity contribution in [1.29, 1.82) is 0 Å². The minimum Gasteiger partial charge on any atom is -0.379 e. The van der Waals surface area contributed by atoms with Crippen LogP contribution in [-0.2, 0) is 17.8 Å². The Morgan fingerprint density at radius 1 is 1.07 bits per heavy atom. The van der Waals surface area contributed by atoms with Gasteiger partial charge in [0.1, 0.15) is 0 Å². The van der Waals surface area contributed by atoms with Gasteiger partial charge in [-0.15, -0.1) is 0 Å². The summed E-state index contributed by atoms with van der Waals surface area (Å²) in [4.78, 5) is 9.30. The van der Waals surface area contributed by atoms with E-state index < -0.39 is 0 Å². The maximum atomic E-state index is 5.47. The zero-order valence-electron chi connectivity index (χ0n) is 17.6. The van der Waals surface area contributed by atoms with Crippen molar-refractivity contribution in [2.75, 3.05) is 60.0 Å². The molecular weight excluding hydrogens is 350 g/mol. The lowest BCUT2D eigenvalue weighted by atomic mass is 9.94. The zero-order valence-corrected chi connectivity index (χ0v) is 17.6. The Labute approximate surface area is 170 Å². The highest BCUT2D eigenvalue weighted by Crippen LogP contribution is 2.18. The van der Waals surface area contributed by atoms with Gasteiger partial charge in [-0.2, -0.15) is 0 Å². The Bertz CT molecular complexity index is 607. The molecule has 28 heavy (non-hydrogen) atoms. The fourth-order valence-corrected chi connectivity index (χ4v) is 4.03. The highest BCUT2D eigenvalue weighted by Gasteiger charge is 2.16. The van der Waals surface area contributed by atoms with Crippen molar-refractivity contribution < 1.29 is 4.74 Å². The van der Waals surface area contributed by atoms with Crippen molar-refractivity contribution in [3.05, 3.63) is 35.4 Å². The number of morpholine rings is 1. The van der Waals surface area contributed by atoms with Gasteiger partial charge >= 0.3 is 0 Å². The quantitative estimate of drug-likeness (QED) is 0.553. The van der Waals surface area contributed by atoms with Crippen molar-refractivity contribution >= 4 is 5.96 Å². The zero-order chi connectivity index (χ0) is 19.6. The lowest BCUT2D eigenvalue weighted by molar-refractivity contribution is 0.0341. The number of benzene rings is 1. The standard InChI is InChI=1S/C22H37N5O/c1-23-22(24-10-7-19-8-11-26(2)12-9-19)25-17-20-5-3-4-6-21(20)18-27-13-15-28-16-14-27/h3-6,19H,7-18H2,1-2H3,(H2,23,24,25). The molecule has 2 heterocycles. The average molecular weight is 388 g/mol. The first-order valence-electron chi connectivity index (χ1n) is 10.7. The van der Waals surface area contributed by atoms with E-state index in [2.05, 4.69) is 56.7 Å². The fourth-order valence-electron chi connectivity index (χ4n) is 4.03. The summed E-state index contributed by atoms with van der Waals surface area (Å²) in [7, 11) is 4.07. The number of guanidine groups is 1. The van der Waals surface area contributed by atoms with Gasteiger partial charge in [0.15, 0.2) is 5.96 Å². The molecule has 1 aromatic rings. The second kappa shape index (κ2) is 11.4. The monoisotopic (exact) mass is 387 g/mol. The van der Waals surface area contributed by atoms with E-state index in [1.165, 1.54) is 43.5 Å². The smallest absolute Gasteiger partial charge is 0.191 e. The molecule has 0 amide bonds. The first-order valence-corrected chi connectivity index (χ1v) is 10.7. The van der Waals surface area contributed by atoms with Gasteiger partial charge in [0, 0.05) is 39.8 Å². The number of hydrogen-bond acceptors (Lipinski definition) is 4. The van der Waals surface area contributed by atoms with Gasteiger partial charge in [0.2, 0.25) is 0 Å². The Hall–Kier alpha value is -1.63. The summed E-state index contributed by atoms with van der Waals surface area (Å²) in [5, 5.41) is 6.99. The molecule has 0 bridgehead atoms. The number of nitrogens with one attached hydrogen (secondary N) is 2. The van der Waals surface area contributed by atoms with Crippen molar-refractivity contribution in [2.45, 2.75) is 32.4 Å². The first kappa shape index (κ1) is 21.1. The third-order valence-corrected chi connectivity index (χ3v) is 5.97. The number of rotatable bonds is 7. The van der Waals surface area contributed by atoms with Gasteiger partial charge in [-0.3, -0.25) is 9.89 Å². The largest absolute Gasteiger partial charge is 0.379 e. The van der Waals surface area contributed by atoms with Crippen LogP contribution in [0.25, 0.3) is 0 Å². The number of nitrogens with zero attached hydrogens (tertiary/aromatic N) is 3. The van der Waals surface area contributed by atoms with Crippen molar-refractivity contribution in [2.24, 2.45) is 10.9 Å². The topological polar surface area (TPSA) is 52.1 Å². The van der Waals surface area contributed by atoms with Crippen LogP contribution in [0.2, 0.25) is 0 Å². The Balaban J connectivity index is 1.43. The summed E-state index contributed by atoms with van der Waals surface area (Å²) in [5.41, 5.74) is 2.73. The highest BCUT2D eigenvalue weighted by molar-refractivity contribution is 5.79. The average Bonchev–Trinajstić information content (AvgIpc) is 2.73. The lowest BCUT2D eigenvalue weighted by Crippen LogP contribution is -2.39. The minimum absolute atomic E-state index is 0.800. The van der Waals surface area contributed by atoms with E-state index in [0.29, 0.717) is 0 Å². The molecule has 156 valence electrons. The molecule has 2 aliphatic rings. The predicted molar refractivity (Wildman–Crippen MR) is 116 cm³/mol.